The number of rotatable bonds is 6. The highest BCUT2D eigenvalue weighted by Gasteiger charge is 2.17. The minimum absolute atomic E-state index is 0.431. The Morgan fingerprint density at radius 3 is 2.62 bits per heavy atom. The maximum Gasteiger partial charge on any atom is 0.308 e. The normalized spacial score (nSPS) is 11.9. The van der Waals surface area contributed by atoms with Gasteiger partial charge in [0.15, 0.2) is 0 Å². The molecule has 110 valence electrons. The van der Waals surface area contributed by atoms with E-state index in [0.717, 1.165) is 16.9 Å². The van der Waals surface area contributed by atoms with Gasteiger partial charge in [-0.3, -0.25) is 4.79 Å². The molecule has 0 spiro atoms. The Hall–Kier alpha value is -2.36. The van der Waals surface area contributed by atoms with Crippen LogP contribution in [0.25, 0.3) is 0 Å². The van der Waals surface area contributed by atoms with Crippen molar-refractivity contribution in [2.75, 3.05) is 11.4 Å². The molecule has 4 heteroatoms. The predicted molar refractivity (Wildman–Crippen MR) is 83.3 cm³/mol. The molecule has 21 heavy (non-hydrogen) atoms. The van der Waals surface area contributed by atoms with Gasteiger partial charge in [-0.25, -0.2) is 4.98 Å². The van der Waals surface area contributed by atoms with Gasteiger partial charge < -0.3 is 10.0 Å². The topological polar surface area (TPSA) is 53.4 Å². The van der Waals surface area contributed by atoms with Crippen molar-refractivity contribution in [1.29, 1.82) is 0 Å². The van der Waals surface area contributed by atoms with Gasteiger partial charge in [-0.15, -0.1) is 0 Å². The first-order chi connectivity index (χ1) is 10.1. The van der Waals surface area contributed by atoms with Gasteiger partial charge in [-0.1, -0.05) is 37.3 Å². The van der Waals surface area contributed by atoms with Crippen LogP contribution in [0.3, 0.4) is 0 Å². The maximum absolute atomic E-state index is 11.1. The Morgan fingerprint density at radius 2 is 2.00 bits per heavy atom. The lowest BCUT2D eigenvalue weighted by Gasteiger charge is -2.26. The van der Waals surface area contributed by atoms with Crippen molar-refractivity contribution < 1.29 is 9.90 Å². The molecule has 1 unspecified atom stereocenters. The number of hydrogen-bond acceptors (Lipinski definition) is 3. The summed E-state index contributed by atoms with van der Waals surface area (Å²) in [6, 6.07) is 13.9. The van der Waals surface area contributed by atoms with Crippen molar-refractivity contribution in [3.63, 3.8) is 0 Å². The highest BCUT2D eigenvalue weighted by atomic mass is 16.4. The van der Waals surface area contributed by atoms with Gasteiger partial charge in [-0.05, 0) is 30.2 Å². The van der Waals surface area contributed by atoms with Gasteiger partial charge in [0.1, 0.15) is 5.82 Å². The van der Waals surface area contributed by atoms with Crippen LogP contribution in [0, 0.1) is 12.8 Å². The molecule has 0 bridgehead atoms. The Kier molecular flexibility index (Phi) is 4.93. The second-order valence-electron chi connectivity index (χ2n) is 5.30. The fraction of sp³-hybridized carbons (Fsp3) is 0.294. The van der Waals surface area contributed by atoms with E-state index in [2.05, 4.69) is 4.98 Å². The van der Waals surface area contributed by atoms with Crippen LogP contribution in [0.1, 0.15) is 18.1 Å². The zero-order valence-corrected chi connectivity index (χ0v) is 12.4. The molecule has 4 nitrogen and oxygen atoms in total. The minimum atomic E-state index is -0.791. The van der Waals surface area contributed by atoms with Gasteiger partial charge in [0, 0.05) is 19.3 Å². The third-order valence-corrected chi connectivity index (χ3v) is 3.36. The third kappa shape index (κ3) is 4.31. The fourth-order valence-corrected chi connectivity index (χ4v) is 2.14. The lowest BCUT2D eigenvalue weighted by molar-refractivity contribution is -0.140. The summed E-state index contributed by atoms with van der Waals surface area (Å²) in [5, 5.41) is 9.15. The van der Waals surface area contributed by atoms with Crippen LogP contribution in [0.15, 0.2) is 48.7 Å². The highest BCUT2D eigenvalue weighted by molar-refractivity contribution is 5.70. The molecule has 0 saturated carbocycles. The van der Waals surface area contributed by atoms with E-state index in [9.17, 15) is 4.79 Å². The quantitative estimate of drug-likeness (QED) is 0.885. The number of aromatic nitrogens is 1. The van der Waals surface area contributed by atoms with Crippen molar-refractivity contribution in [3.05, 3.63) is 59.8 Å². The molecule has 0 radical (unpaired) electrons. The predicted octanol–water partition coefficient (Wildman–Crippen LogP) is 3.12. The molecule has 2 aromatic rings. The van der Waals surface area contributed by atoms with Crippen molar-refractivity contribution in [3.8, 4) is 0 Å². The zero-order chi connectivity index (χ0) is 15.2. The molecule has 0 fully saturated rings. The van der Waals surface area contributed by atoms with E-state index >= 15 is 0 Å². The lowest BCUT2D eigenvalue weighted by Crippen LogP contribution is -2.32. The molecule has 0 amide bonds. The van der Waals surface area contributed by atoms with Crippen molar-refractivity contribution in [2.45, 2.75) is 20.4 Å². The number of carboxylic acids is 1. The summed E-state index contributed by atoms with van der Waals surface area (Å²) in [6.07, 6.45) is 1.76. The Bertz CT molecular complexity index is 599. The number of anilines is 1. The van der Waals surface area contributed by atoms with E-state index < -0.39 is 11.9 Å². The first-order valence-electron chi connectivity index (χ1n) is 7.00. The van der Waals surface area contributed by atoms with E-state index in [4.69, 9.17) is 5.11 Å². The molecule has 0 aliphatic rings. The molecular formula is C17H20N2O2. The van der Waals surface area contributed by atoms with E-state index in [1.165, 1.54) is 0 Å². The minimum Gasteiger partial charge on any atom is -0.481 e. The molecule has 1 N–H and O–H groups in total. The summed E-state index contributed by atoms with van der Waals surface area (Å²) in [5.74, 6) is -0.427. The van der Waals surface area contributed by atoms with Gasteiger partial charge in [0.2, 0.25) is 0 Å². The average Bonchev–Trinajstić information content (AvgIpc) is 2.47. The SMILES string of the molecule is Cc1ccnc(N(Cc2ccccc2)CC(C)C(=O)O)c1. The molecule has 0 aliphatic heterocycles. The van der Waals surface area contributed by atoms with Crippen LogP contribution in [-0.2, 0) is 11.3 Å². The number of hydrogen-bond donors (Lipinski definition) is 1. The molecular weight excluding hydrogens is 264 g/mol. The summed E-state index contributed by atoms with van der Waals surface area (Å²) < 4.78 is 0. The molecule has 0 saturated heterocycles. The van der Waals surface area contributed by atoms with Crippen molar-refractivity contribution in [2.24, 2.45) is 5.92 Å². The fourth-order valence-electron chi connectivity index (χ4n) is 2.14. The van der Waals surface area contributed by atoms with Gasteiger partial charge >= 0.3 is 5.97 Å². The lowest BCUT2D eigenvalue weighted by atomic mass is 10.1. The molecule has 1 aromatic heterocycles. The molecule has 2 rings (SSSR count). The standard InChI is InChI=1S/C17H20N2O2/c1-13-8-9-18-16(10-13)19(11-14(2)17(20)21)12-15-6-4-3-5-7-15/h3-10,14H,11-12H2,1-2H3,(H,20,21). The van der Waals surface area contributed by atoms with Gasteiger partial charge in [0.25, 0.3) is 0 Å². The van der Waals surface area contributed by atoms with Crippen LogP contribution in [0.5, 0.6) is 0 Å². The molecule has 1 aromatic carbocycles. The summed E-state index contributed by atoms with van der Waals surface area (Å²) >= 11 is 0. The van der Waals surface area contributed by atoms with Crippen LogP contribution >= 0.6 is 0 Å². The second kappa shape index (κ2) is 6.88. The number of carboxylic acid groups (broad SMARTS) is 1. The van der Waals surface area contributed by atoms with Gasteiger partial charge in [0.05, 0.1) is 5.92 Å². The smallest absolute Gasteiger partial charge is 0.308 e. The van der Waals surface area contributed by atoms with E-state index in [1.54, 1.807) is 13.1 Å². The number of nitrogens with zero attached hydrogens (tertiary/aromatic N) is 2. The van der Waals surface area contributed by atoms with Crippen molar-refractivity contribution >= 4 is 11.8 Å². The first kappa shape index (κ1) is 15.0. The van der Waals surface area contributed by atoms with Crippen LogP contribution in [-0.4, -0.2) is 22.6 Å². The Morgan fingerprint density at radius 1 is 1.29 bits per heavy atom. The first-order valence-corrected chi connectivity index (χ1v) is 7.00. The van der Waals surface area contributed by atoms with Crippen LogP contribution in [0.4, 0.5) is 5.82 Å². The van der Waals surface area contributed by atoms with E-state index in [1.807, 2.05) is 54.3 Å². The summed E-state index contributed by atoms with van der Waals surface area (Å²) in [7, 11) is 0. The van der Waals surface area contributed by atoms with E-state index in [0.29, 0.717) is 13.1 Å². The van der Waals surface area contributed by atoms with Crippen LogP contribution in [0.2, 0.25) is 0 Å². The second-order valence-corrected chi connectivity index (χ2v) is 5.30. The summed E-state index contributed by atoms with van der Waals surface area (Å²) in [6.45, 7) is 4.80. The average molecular weight is 284 g/mol. The molecule has 1 atom stereocenters. The summed E-state index contributed by atoms with van der Waals surface area (Å²) in [5.41, 5.74) is 2.25. The summed E-state index contributed by atoms with van der Waals surface area (Å²) in [4.78, 5) is 17.5. The Labute approximate surface area is 125 Å². The van der Waals surface area contributed by atoms with E-state index in [-0.39, 0.29) is 0 Å². The molecule has 1 heterocycles. The number of benzene rings is 1. The van der Waals surface area contributed by atoms with Crippen molar-refractivity contribution in [1.82, 2.24) is 4.98 Å². The maximum atomic E-state index is 11.1. The number of carbonyl (C=O) groups is 1. The Balaban J connectivity index is 2.23. The number of pyridine rings is 1. The van der Waals surface area contributed by atoms with Crippen LogP contribution < -0.4 is 4.90 Å². The third-order valence-electron chi connectivity index (χ3n) is 3.36. The number of aryl methyl sites for hydroxylation is 1. The zero-order valence-electron chi connectivity index (χ0n) is 12.4. The number of aliphatic carboxylic acids is 1. The van der Waals surface area contributed by atoms with Gasteiger partial charge in [-0.2, -0.15) is 0 Å². The highest BCUT2D eigenvalue weighted by Crippen LogP contribution is 2.17. The molecule has 0 aliphatic carbocycles. The largest absolute Gasteiger partial charge is 0.481 e. The monoisotopic (exact) mass is 284 g/mol.